The first-order valence-corrected chi connectivity index (χ1v) is 13.5. The summed E-state index contributed by atoms with van der Waals surface area (Å²) in [5.41, 5.74) is 2.02. The Kier molecular flexibility index (Phi) is 8.97. The van der Waals surface area contributed by atoms with Crippen LogP contribution in [0.4, 0.5) is 10.7 Å². The third-order valence-electron chi connectivity index (χ3n) is 5.64. The number of fused-ring (bicyclic) bond motifs is 1. The number of halogens is 3. The van der Waals surface area contributed by atoms with E-state index in [1.54, 1.807) is 31.2 Å². The first kappa shape index (κ1) is 27.3. The molecule has 0 saturated heterocycles. The van der Waals surface area contributed by atoms with Gasteiger partial charge in [-0.3, -0.25) is 9.59 Å². The van der Waals surface area contributed by atoms with Crippen LogP contribution in [-0.4, -0.2) is 31.0 Å². The fourth-order valence-corrected chi connectivity index (χ4v) is 6.14. The van der Waals surface area contributed by atoms with Crippen LogP contribution in [0.25, 0.3) is 0 Å². The summed E-state index contributed by atoms with van der Waals surface area (Å²) in [5, 5.41) is 6.75. The molecule has 0 fully saturated rings. The van der Waals surface area contributed by atoms with Gasteiger partial charge < -0.3 is 20.1 Å². The van der Waals surface area contributed by atoms with Crippen molar-refractivity contribution >= 4 is 74.6 Å². The van der Waals surface area contributed by atoms with Crippen LogP contribution < -0.4 is 15.4 Å². The van der Waals surface area contributed by atoms with E-state index in [0.717, 1.165) is 36.1 Å². The molecule has 0 aliphatic heterocycles. The second-order valence-electron chi connectivity index (χ2n) is 8.20. The molecule has 0 atom stereocenters. The van der Waals surface area contributed by atoms with Crippen molar-refractivity contribution in [2.24, 2.45) is 0 Å². The molecule has 4 rings (SSSR count). The van der Waals surface area contributed by atoms with E-state index in [2.05, 4.69) is 10.6 Å². The lowest BCUT2D eigenvalue weighted by Crippen LogP contribution is -2.21. The molecule has 0 saturated carbocycles. The summed E-state index contributed by atoms with van der Waals surface area (Å²) >= 11 is 19.6. The van der Waals surface area contributed by atoms with Gasteiger partial charge in [-0.1, -0.05) is 34.8 Å². The summed E-state index contributed by atoms with van der Waals surface area (Å²) in [5.74, 6) is -0.861. The minimum atomic E-state index is -0.427. The van der Waals surface area contributed by atoms with E-state index in [1.807, 2.05) is 0 Å². The van der Waals surface area contributed by atoms with Crippen molar-refractivity contribution in [1.29, 1.82) is 0 Å². The molecule has 194 valence electrons. The van der Waals surface area contributed by atoms with Gasteiger partial charge in [0.25, 0.3) is 11.8 Å². The molecular weight excluding hydrogens is 559 g/mol. The van der Waals surface area contributed by atoms with E-state index < -0.39 is 17.8 Å². The van der Waals surface area contributed by atoms with Gasteiger partial charge in [0, 0.05) is 15.5 Å². The third kappa shape index (κ3) is 6.57. The molecule has 1 heterocycles. The number of ether oxygens (including phenoxy) is 2. The van der Waals surface area contributed by atoms with Crippen molar-refractivity contribution in [1.82, 2.24) is 0 Å². The van der Waals surface area contributed by atoms with Gasteiger partial charge in [-0.2, -0.15) is 0 Å². The van der Waals surface area contributed by atoms with Gasteiger partial charge in [0.15, 0.2) is 6.61 Å². The maximum absolute atomic E-state index is 12.6. The Hall–Kier alpha value is -2.78. The number of hydrogen-bond donors (Lipinski definition) is 2. The monoisotopic (exact) mass is 580 g/mol. The lowest BCUT2D eigenvalue weighted by molar-refractivity contribution is -0.118. The standard InChI is InChI=1S/C26H23Cl3N2O5S/c1-2-35-26(34)22-17-5-3-4-6-20(17)37-25(22)30-21(32)13-36-16-9-7-14(8-10-16)24(33)31-23-18(28)11-15(27)12-19(23)29/h7-12H,2-6,13H2,1H3,(H,30,32)(H,31,33). The van der Waals surface area contributed by atoms with Crippen molar-refractivity contribution in [3.05, 3.63) is 73.0 Å². The van der Waals surface area contributed by atoms with Gasteiger partial charge in [0.2, 0.25) is 0 Å². The number of thiophene rings is 1. The average Bonchev–Trinajstić information content (AvgIpc) is 3.23. The van der Waals surface area contributed by atoms with Crippen molar-refractivity contribution in [2.75, 3.05) is 23.8 Å². The van der Waals surface area contributed by atoms with Crippen molar-refractivity contribution < 1.29 is 23.9 Å². The van der Waals surface area contributed by atoms with Gasteiger partial charge in [0.05, 0.1) is 27.9 Å². The van der Waals surface area contributed by atoms with E-state index in [9.17, 15) is 14.4 Å². The number of nitrogens with one attached hydrogen (secondary N) is 2. The zero-order valence-electron chi connectivity index (χ0n) is 19.8. The highest BCUT2D eigenvalue weighted by molar-refractivity contribution is 7.17. The molecule has 1 aliphatic carbocycles. The second kappa shape index (κ2) is 12.2. The minimum Gasteiger partial charge on any atom is -0.484 e. The SMILES string of the molecule is CCOC(=O)c1c(NC(=O)COc2ccc(C(=O)Nc3c(Cl)cc(Cl)cc3Cl)cc2)sc2c1CCCC2. The average molecular weight is 582 g/mol. The smallest absolute Gasteiger partial charge is 0.341 e. The van der Waals surface area contributed by atoms with Gasteiger partial charge in [-0.25, -0.2) is 4.79 Å². The molecule has 0 bridgehead atoms. The second-order valence-corrected chi connectivity index (χ2v) is 10.6. The Labute approximate surface area is 233 Å². The van der Waals surface area contributed by atoms with Crippen molar-refractivity contribution in [3.8, 4) is 5.75 Å². The van der Waals surface area contributed by atoms with E-state index >= 15 is 0 Å². The molecule has 3 aromatic rings. The zero-order valence-corrected chi connectivity index (χ0v) is 22.9. The van der Waals surface area contributed by atoms with E-state index in [1.165, 1.54) is 23.5 Å². The van der Waals surface area contributed by atoms with Crippen LogP contribution >= 0.6 is 46.1 Å². The molecule has 2 aromatic carbocycles. The summed E-state index contributed by atoms with van der Waals surface area (Å²) < 4.78 is 10.8. The van der Waals surface area contributed by atoms with Gasteiger partial charge in [-0.15, -0.1) is 11.3 Å². The van der Waals surface area contributed by atoms with Crippen LogP contribution in [0.1, 0.15) is 50.9 Å². The molecule has 7 nitrogen and oxygen atoms in total. The number of aryl methyl sites for hydroxylation is 1. The Morgan fingerprint density at radius 1 is 0.973 bits per heavy atom. The number of rotatable bonds is 8. The number of esters is 1. The molecule has 0 spiro atoms. The summed E-state index contributed by atoms with van der Waals surface area (Å²) in [6.45, 7) is 1.74. The molecule has 37 heavy (non-hydrogen) atoms. The van der Waals surface area contributed by atoms with Crippen LogP contribution in [0.15, 0.2) is 36.4 Å². The molecule has 0 unspecified atom stereocenters. The fourth-order valence-electron chi connectivity index (χ4n) is 3.93. The highest BCUT2D eigenvalue weighted by atomic mass is 35.5. The lowest BCUT2D eigenvalue weighted by atomic mass is 9.95. The summed E-state index contributed by atoms with van der Waals surface area (Å²) in [6.07, 6.45) is 3.73. The Morgan fingerprint density at radius 2 is 1.65 bits per heavy atom. The normalized spacial score (nSPS) is 12.4. The van der Waals surface area contributed by atoms with Gasteiger partial charge in [0.1, 0.15) is 10.8 Å². The van der Waals surface area contributed by atoms with Crippen LogP contribution in [0.2, 0.25) is 15.1 Å². The van der Waals surface area contributed by atoms with Crippen LogP contribution in [0, 0.1) is 0 Å². The van der Waals surface area contributed by atoms with E-state index in [-0.39, 0.29) is 28.9 Å². The van der Waals surface area contributed by atoms with E-state index in [4.69, 9.17) is 44.3 Å². The summed E-state index contributed by atoms with van der Waals surface area (Å²) in [6, 6.07) is 9.20. The molecule has 0 radical (unpaired) electrons. The first-order valence-electron chi connectivity index (χ1n) is 11.6. The Morgan fingerprint density at radius 3 is 2.32 bits per heavy atom. The number of benzene rings is 2. The van der Waals surface area contributed by atoms with Gasteiger partial charge in [-0.05, 0) is 74.6 Å². The summed E-state index contributed by atoms with van der Waals surface area (Å²) in [4.78, 5) is 38.9. The molecule has 2 N–H and O–H groups in total. The van der Waals surface area contributed by atoms with Crippen molar-refractivity contribution in [2.45, 2.75) is 32.6 Å². The Bertz CT molecular complexity index is 1320. The molecule has 2 amide bonds. The molecule has 1 aromatic heterocycles. The zero-order chi connectivity index (χ0) is 26.5. The quantitative estimate of drug-likeness (QED) is 0.279. The highest BCUT2D eigenvalue weighted by Crippen LogP contribution is 2.38. The number of amides is 2. The van der Waals surface area contributed by atoms with Gasteiger partial charge >= 0.3 is 5.97 Å². The predicted octanol–water partition coefficient (Wildman–Crippen LogP) is 7.03. The number of anilines is 2. The number of hydrogen-bond acceptors (Lipinski definition) is 6. The third-order valence-corrected chi connectivity index (χ3v) is 7.66. The van der Waals surface area contributed by atoms with Crippen molar-refractivity contribution in [3.63, 3.8) is 0 Å². The molecule has 1 aliphatic rings. The maximum atomic E-state index is 12.6. The number of carbonyl (C=O) groups excluding carboxylic acids is 3. The minimum absolute atomic E-state index is 0.217. The molecule has 11 heteroatoms. The van der Waals surface area contributed by atoms with Crippen LogP contribution in [0.5, 0.6) is 5.75 Å². The maximum Gasteiger partial charge on any atom is 0.341 e. The first-order chi connectivity index (χ1) is 17.8. The predicted molar refractivity (Wildman–Crippen MR) is 147 cm³/mol. The van der Waals surface area contributed by atoms with E-state index in [0.29, 0.717) is 26.9 Å². The van der Waals surface area contributed by atoms with Crippen LogP contribution in [0.3, 0.4) is 0 Å². The fraction of sp³-hybridized carbons (Fsp3) is 0.269. The number of carbonyl (C=O) groups is 3. The largest absolute Gasteiger partial charge is 0.484 e. The highest BCUT2D eigenvalue weighted by Gasteiger charge is 2.27. The summed E-state index contributed by atoms with van der Waals surface area (Å²) in [7, 11) is 0. The topological polar surface area (TPSA) is 93.7 Å². The Balaban J connectivity index is 1.37. The lowest BCUT2D eigenvalue weighted by Gasteiger charge is -2.12. The molecular formula is C26H23Cl3N2O5S. The van der Waals surface area contributed by atoms with Crippen LogP contribution in [-0.2, 0) is 22.4 Å².